The van der Waals surface area contributed by atoms with Crippen LogP contribution in [0.3, 0.4) is 0 Å². The minimum absolute atomic E-state index is 0.0564. The first-order valence-electron chi connectivity index (χ1n) is 9.75. The van der Waals surface area contributed by atoms with E-state index >= 15 is 0 Å². The zero-order chi connectivity index (χ0) is 21.6. The van der Waals surface area contributed by atoms with Crippen molar-refractivity contribution in [3.8, 4) is 0 Å². The smallest absolute Gasteiger partial charge is 0.246 e. The summed E-state index contributed by atoms with van der Waals surface area (Å²) in [5, 5.41) is 2.83. The molecule has 1 fully saturated rings. The van der Waals surface area contributed by atoms with Crippen LogP contribution in [0.1, 0.15) is 18.4 Å². The number of anilines is 1. The van der Waals surface area contributed by atoms with E-state index in [9.17, 15) is 18.0 Å². The number of carbonyl (C=O) groups is 2. The summed E-state index contributed by atoms with van der Waals surface area (Å²) in [5.41, 5.74) is 1.51. The second-order valence-corrected chi connectivity index (χ2v) is 8.95. The Morgan fingerprint density at radius 1 is 1.00 bits per heavy atom. The van der Waals surface area contributed by atoms with Gasteiger partial charge in [0.05, 0.1) is 4.90 Å². The predicted molar refractivity (Wildman–Crippen MR) is 116 cm³/mol. The van der Waals surface area contributed by atoms with Crippen LogP contribution in [0.5, 0.6) is 0 Å². The van der Waals surface area contributed by atoms with Gasteiger partial charge in [0, 0.05) is 30.8 Å². The molecule has 2 aromatic carbocycles. The van der Waals surface area contributed by atoms with Crippen LogP contribution in [0.25, 0.3) is 6.08 Å². The first-order valence-corrected chi connectivity index (χ1v) is 11.2. The Kier molecular flexibility index (Phi) is 7.02. The van der Waals surface area contributed by atoms with Crippen LogP contribution >= 0.6 is 0 Å². The SMILES string of the molecule is CNS(=O)(=O)c1ccc(NC(=O)C2CCN(C(=O)/C=C/c3ccccc3)CC2)cc1. The summed E-state index contributed by atoms with van der Waals surface area (Å²) in [6.45, 7) is 1.05. The number of hydrogen-bond donors (Lipinski definition) is 2. The molecule has 0 saturated carbocycles. The molecule has 2 aromatic rings. The van der Waals surface area contributed by atoms with Crippen molar-refractivity contribution in [2.24, 2.45) is 5.92 Å². The van der Waals surface area contributed by atoms with Crippen LogP contribution in [0, 0.1) is 5.92 Å². The lowest BCUT2D eigenvalue weighted by atomic mass is 9.95. The number of sulfonamides is 1. The van der Waals surface area contributed by atoms with Crippen LogP contribution in [0.4, 0.5) is 5.69 Å². The van der Waals surface area contributed by atoms with E-state index < -0.39 is 10.0 Å². The number of benzene rings is 2. The van der Waals surface area contributed by atoms with E-state index in [1.165, 1.54) is 19.2 Å². The minimum atomic E-state index is -3.51. The number of hydrogen-bond acceptors (Lipinski definition) is 4. The molecule has 0 radical (unpaired) electrons. The molecule has 1 aliphatic heterocycles. The Morgan fingerprint density at radius 2 is 1.63 bits per heavy atom. The normalized spacial score (nSPS) is 15.3. The highest BCUT2D eigenvalue weighted by molar-refractivity contribution is 7.89. The summed E-state index contributed by atoms with van der Waals surface area (Å²) >= 11 is 0. The number of piperidine rings is 1. The molecule has 1 heterocycles. The second kappa shape index (κ2) is 9.69. The van der Waals surface area contributed by atoms with E-state index in [0.29, 0.717) is 31.6 Å². The fourth-order valence-corrected chi connectivity index (χ4v) is 4.01. The van der Waals surface area contributed by atoms with Gasteiger partial charge >= 0.3 is 0 Å². The third kappa shape index (κ3) is 5.55. The molecule has 2 amide bonds. The molecular weight excluding hydrogens is 402 g/mol. The summed E-state index contributed by atoms with van der Waals surface area (Å²) in [4.78, 5) is 26.8. The molecule has 0 bridgehead atoms. The molecule has 1 aliphatic rings. The number of carbonyl (C=O) groups excluding carboxylic acids is 2. The Balaban J connectivity index is 1.50. The number of likely N-dealkylation sites (tertiary alicyclic amines) is 1. The van der Waals surface area contributed by atoms with E-state index in [4.69, 9.17) is 0 Å². The highest BCUT2D eigenvalue weighted by Gasteiger charge is 2.26. The van der Waals surface area contributed by atoms with E-state index in [0.717, 1.165) is 5.56 Å². The van der Waals surface area contributed by atoms with Gasteiger partial charge in [-0.05, 0) is 55.8 Å². The van der Waals surface area contributed by atoms with E-state index in [1.807, 2.05) is 30.3 Å². The first kappa shape index (κ1) is 21.7. The average Bonchev–Trinajstić information content (AvgIpc) is 2.78. The Hall–Kier alpha value is -2.97. The van der Waals surface area contributed by atoms with Gasteiger partial charge in [0.15, 0.2) is 0 Å². The fraction of sp³-hybridized carbons (Fsp3) is 0.273. The monoisotopic (exact) mass is 427 g/mol. The molecule has 0 aromatic heterocycles. The summed E-state index contributed by atoms with van der Waals surface area (Å²) in [7, 11) is -2.16. The van der Waals surface area contributed by atoms with Crippen LogP contribution in [0.15, 0.2) is 65.6 Å². The summed E-state index contributed by atoms with van der Waals surface area (Å²) in [5.74, 6) is -0.363. The molecule has 0 spiro atoms. The predicted octanol–water partition coefficient (Wildman–Crippen LogP) is 2.49. The van der Waals surface area contributed by atoms with Crippen molar-refractivity contribution >= 4 is 33.6 Å². The third-order valence-corrected chi connectivity index (χ3v) is 6.53. The van der Waals surface area contributed by atoms with Crippen molar-refractivity contribution < 1.29 is 18.0 Å². The number of nitrogens with one attached hydrogen (secondary N) is 2. The fourth-order valence-electron chi connectivity index (χ4n) is 3.28. The minimum Gasteiger partial charge on any atom is -0.339 e. The standard InChI is InChI=1S/C22H25N3O4S/c1-23-30(28,29)20-10-8-19(9-11-20)24-22(27)18-13-15-25(16-14-18)21(26)12-7-17-5-3-2-4-6-17/h2-12,18,23H,13-16H2,1H3,(H,24,27)/b12-7+. The lowest BCUT2D eigenvalue weighted by Gasteiger charge is -2.30. The Bertz CT molecular complexity index is 1010. The van der Waals surface area contributed by atoms with E-state index in [1.54, 1.807) is 29.2 Å². The van der Waals surface area contributed by atoms with Gasteiger partial charge in [0.25, 0.3) is 0 Å². The average molecular weight is 428 g/mol. The first-order chi connectivity index (χ1) is 14.4. The Labute approximate surface area is 176 Å². The number of rotatable bonds is 6. The molecule has 0 unspecified atom stereocenters. The molecule has 2 N–H and O–H groups in total. The molecule has 30 heavy (non-hydrogen) atoms. The van der Waals surface area contributed by atoms with Crippen LogP contribution in [-0.4, -0.2) is 45.3 Å². The lowest BCUT2D eigenvalue weighted by Crippen LogP contribution is -2.40. The molecule has 7 nitrogen and oxygen atoms in total. The summed E-state index contributed by atoms with van der Waals surface area (Å²) < 4.78 is 25.8. The van der Waals surface area contributed by atoms with Gasteiger partial charge in [-0.15, -0.1) is 0 Å². The second-order valence-electron chi connectivity index (χ2n) is 7.06. The van der Waals surface area contributed by atoms with Crippen LogP contribution in [0.2, 0.25) is 0 Å². The Morgan fingerprint density at radius 3 is 2.23 bits per heavy atom. The maximum Gasteiger partial charge on any atom is 0.246 e. The molecule has 0 aliphatic carbocycles. The molecule has 3 rings (SSSR count). The molecule has 1 saturated heterocycles. The van der Waals surface area contributed by atoms with Gasteiger partial charge < -0.3 is 10.2 Å². The van der Waals surface area contributed by atoms with Gasteiger partial charge in [-0.1, -0.05) is 30.3 Å². The lowest BCUT2D eigenvalue weighted by molar-refractivity contribution is -0.130. The zero-order valence-electron chi connectivity index (χ0n) is 16.7. The van der Waals surface area contributed by atoms with Gasteiger partial charge in [-0.25, -0.2) is 13.1 Å². The quantitative estimate of drug-likeness (QED) is 0.693. The van der Waals surface area contributed by atoms with Crippen molar-refractivity contribution in [3.05, 3.63) is 66.2 Å². The van der Waals surface area contributed by atoms with E-state index in [2.05, 4.69) is 10.0 Å². The summed E-state index contributed by atoms with van der Waals surface area (Å²) in [6.07, 6.45) is 4.53. The maximum absolute atomic E-state index is 12.5. The van der Waals surface area contributed by atoms with Gasteiger partial charge in [-0.3, -0.25) is 9.59 Å². The van der Waals surface area contributed by atoms with Crippen molar-refractivity contribution in [1.29, 1.82) is 0 Å². The van der Waals surface area contributed by atoms with E-state index in [-0.39, 0.29) is 22.6 Å². The van der Waals surface area contributed by atoms with Gasteiger partial charge in [0.1, 0.15) is 0 Å². The number of amides is 2. The topological polar surface area (TPSA) is 95.6 Å². The molecular formula is C22H25N3O4S. The maximum atomic E-state index is 12.5. The summed E-state index contributed by atoms with van der Waals surface area (Å²) in [6, 6.07) is 15.6. The zero-order valence-corrected chi connectivity index (χ0v) is 17.6. The van der Waals surface area contributed by atoms with Gasteiger partial charge in [-0.2, -0.15) is 0 Å². The highest BCUT2D eigenvalue weighted by Crippen LogP contribution is 2.21. The molecule has 158 valence electrons. The van der Waals surface area contributed by atoms with Crippen molar-refractivity contribution in [2.45, 2.75) is 17.7 Å². The van der Waals surface area contributed by atoms with Crippen molar-refractivity contribution in [1.82, 2.24) is 9.62 Å². The third-order valence-electron chi connectivity index (χ3n) is 5.10. The van der Waals surface area contributed by atoms with Crippen molar-refractivity contribution in [3.63, 3.8) is 0 Å². The number of nitrogens with zero attached hydrogens (tertiary/aromatic N) is 1. The van der Waals surface area contributed by atoms with Crippen molar-refractivity contribution in [2.75, 3.05) is 25.5 Å². The van der Waals surface area contributed by atoms with Crippen LogP contribution in [-0.2, 0) is 19.6 Å². The largest absolute Gasteiger partial charge is 0.339 e. The molecule has 8 heteroatoms. The van der Waals surface area contributed by atoms with Crippen LogP contribution < -0.4 is 10.0 Å². The molecule has 0 atom stereocenters. The highest BCUT2D eigenvalue weighted by atomic mass is 32.2. The van der Waals surface area contributed by atoms with Gasteiger partial charge in [0.2, 0.25) is 21.8 Å².